The lowest BCUT2D eigenvalue weighted by molar-refractivity contribution is 0.0594. The van der Waals surface area contributed by atoms with Crippen molar-refractivity contribution in [3.05, 3.63) is 101 Å². The van der Waals surface area contributed by atoms with Gasteiger partial charge in [0.2, 0.25) is 5.78 Å². The number of hydrogen-bond donors (Lipinski definition) is 0. The van der Waals surface area contributed by atoms with Gasteiger partial charge >= 0.3 is 5.97 Å². The largest absolute Gasteiger partial charge is 0.489 e. The fourth-order valence-corrected chi connectivity index (χ4v) is 4.26. The molecule has 5 rings (SSSR count). The van der Waals surface area contributed by atoms with Gasteiger partial charge in [-0.1, -0.05) is 42.5 Å². The summed E-state index contributed by atoms with van der Waals surface area (Å²) in [6, 6.07) is 21.0. The zero-order valence-corrected chi connectivity index (χ0v) is 19.3. The maximum absolute atomic E-state index is 13.1. The monoisotopic (exact) mass is 468 g/mol. The van der Waals surface area contributed by atoms with Gasteiger partial charge in [-0.05, 0) is 60.2 Å². The van der Waals surface area contributed by atoms with Gasteiger partial charge in [-0.3, -0.25) is 4.79 Å². The van der Waals surface area contributed by atoms with Crippen LogP contribution in [0, 0.1) is 5.92 Å². The minimum Gasteiger partial charge on any atom is -0.489 e. The molecule has 0 radical (unpaired) electrons. The van der Waals surface area contributed by atoms with Gasteiger partial charge in [-0.2, -0.15) is 0 Å². The second kappa shape index (κ2) is 9.93. The molecule has 176 valence electrons. The molecule has 7 heteroatoms. The standard InChI is InChI=1S/C28H24N2O5/c1-33-28(32)24-9-5-8-23(30-24)25-16-29-27(35-25)26(31)21-11-10-20-15-22(13-12-19(20)14-21)34-17-18-6-3-2-4-7-18/h2-9,12-13,15-16,21H,10-11,14,17H2,1H3/t21-/m1/s1. The number of aryl methyl sites for hydroxylation is 1. The van der Waals surface area contributed by atoms with Crippen LogP contribution in [0.1, 0.15) is 44.3 Å². The maximum atomic E-state index is 13.1. The number of ketones is 1. The Kier molecular flexibility index (Phi) is 6.39. The number of carbonyl (C=O) groups excluding carboxylic acids is 2. The molecule has 0 unspecified atom stereocenters. The number of benzene rings is 2. The van der Waals surface area contributed by atoms with Crippen molar-refractivity contribution >= 4 is 11.8 Å². The van der Waals surface area contributed by atoms with Crippen molar-refractivity contribution in [3.63, 3.8) is 0 Å². The van der Waals surface area contributed by atoms with E-state index >= 15 is 0 Å². The average Bonchev–Trinajstić information content (AvgIpc) is 3.42. The lowest BCUT2D eigenvalue weighted by atomic mass is 9.81. The number of methoxy groups -OCH3 is 1. The van der Waals surface area contributed by atoms with E-state index in [4.69, 9.17) is 13.9 Å². The van der Waals surface area contributed by atoms with Gasteiger partial charge in [0.05, 0.1) is 13.3 Å². The Morgan fingerprint density at radius 2 is 1.89 bits per heavy atom. The van der Waals surface area contributed by atoms with E-state index in [1.807, 2.05) is 42.5 Å². The lowest BCUT2D eigenvalue weighted by Gasteiger charge is -2.23. The minimum absolute atomic E-state index is 0.0570. The summed E-state index contributed by atoms with van der Waals surface area (Å²) in [6.45, 7) is 0.518. The van der Waals surface area contributed by atoms with Crippen LogP contribution in [-0.2, 0) is 24.2 Å². The zero-order valence-electron chi connectivity index (χ0n) is 19.3. The smallest absolute Gasteiger partial charge is 0.356 e. The Balaban J connectivity index is 1.25. The van der Waals surface area contributed by atoms with Crippen LogP contribution in [0.3, 0.4) is 0 Å². The number of ether oxygens (including phenoxy) is 2. The Morgan fingerprint density at radius 1 is 1.03 bits per heavy atom. The SMILES string of the molecule is COC(=O)c1cccc(-c2cnc(C(=O)[C@@H]3CCc4cc(OCc5ccccc5)ccc4C3)o2)n1. The van der Waals surface area contributed by atoms with Crippen LogP contribution in [0.25, 0.3) is 11.5 Å². The quantitative estimate of drug-likeness (QED) is 0.276. The average molecular weight is 469 g/mol. The van der Waals surface area contributed by atoms with Gasteiger partial charge in [-0.25, -0.2) is 14.8 Å². The van der Waals surface area contributed by atoms with E-state index in [9.17, 15) is 9.59 Å². The summed E-state index contributed by atoms with van der Waals surface area (Å²) in [4.78, 5) is 33.3. The minimum atomic E-state index is -0.544. The third kappa shape index (κ3) is 4.99. The molecule has 2 heterocycles. The van der Waals surface area contributed by atoms with Crippen molar-refractivity contribution in [1.29, 1.82) is 0 Å². The summed E-state index contributed by atoms with van der Waals surface area (Å²) in [5.41, 5.74) is 4.03. The first-order chi connectivity index (χ1) is 17.1. The molecule has 0 bridgehead atoms. The van der Waals surface area contributed by atoms with E-state index in [0.29, 0.717) is 30.9 Å². The van der Waals surface area contributed by atoms with Crippen LogP contribution in [0.4, 0.5) is 0 Å². The molecule has 4 aromatic rings. The highest BCUT2D eigenvalue weighted by Crippen LogP contribution is 2.31. The third-order valence-corrected chi connectivity index (χ3v) is 6.14. The number of oxazole rings is 1. The Bertz CT molecular complexity index is 1360. The molecule has 0 fully saturated rings. The second-order valence-electron chi connectivity index (χ2n) is 8.44. The van der Waals surface area contributed by atoms with Gasteiger partial charge in [0.15, 0.2) is 5.76 Å². The van der Waals surface area contributed by atoms with Crippen LogP contribution < -0.4 is 4.74 Å². The predicted octanol–water partition coefficient (Wildman–Crippen LogP) is 5.09. The van der Waals surface area contributed by atoms with E-state index in [1.165, 1.54) is 18.9 Å². The van der Waals surface area contributed by atoms with E-state index in [1.54, 1.807) is 18.2 Å². The van der Waals surface area contributed by atoms with E-state index < -0.39 is 5.97 Å². The van der Waals surface area contributed by atoms with Crippen LogP contribution in [0.2, 0.25) is 0 Å². The molecule has 0 amide bonds. The maximum Gasteiger partial charge on any atom is 0.356 e. The fraction of sp³-hybridized carbons (Fsp3) is 0.214. The number of rotatable bonds is 7. The zero-order chi connectivity index (χ0) is 24.2. The molecule has 0 aliphatic heterocycles. The molecule has 7 nitrogen and oxygen atoms in total. The molecule has 2 aromatic heterocycles. The second-order valence-corrected chi connectivity index (χ2v) is 8.44. The van der Waals surface area contributed by atoms with Crippen LogP contribution >= 0.6 is 0 Å². The molecular weight excluding hydrogens is 444 g/mol. The van der Waals surface area contributed by atoms with Crippen molar-refractivity contribution in [2.24, 2.45) is 5.92 Å². The molecule has 0 spiro atoms. The van der Waals surface area contributed by atoms with Gasteiger partial charge < -0.3 is 13.9 Å². The van der Waals surface area contributed by atoms with Crippen molar-refractivity contribution in [2.45, 2.75) is 25.9 Å². The molecule has 1 atom stereocenters. The van der Waals surface area contributed by atoms with E-state index in [-0.39, 0.29) is 23.3 Å². The molecule has 2 aromatic carbocycles. The number of carbonyl (C=O) groups is 2. The number of aromatic nitrogens is 2. The van der Waals surface area contributed by atoms with Gasteiger partial charge in [0, 0.05) is 5.92 Å². The van der Waals surface area contributed by atoms with Crippen molar-refractivity contribution in [1.82, 2.24) is 9.97 Å². The molecule has 1 aliphatic carbocycles. The summed E-state index contributed by atoms with van der Waals surface area (Å²) in [5, 5.41) is 0. The number of fused-ring (bicyclic) bond motifs is 1. The van der Waals surface area contributed by atoms with E-state index in [2.05, 4.69) is 16.0 Å². The van der Waals surface area contributed by atoms with Crippen LogP contribution in [0.15, 0.2) is 77.3 Å². The summed E-state index contributed by atoms with van der Waals surface area (Å²) < 4.78 is 16.4. The molecule has 0 saturated heterocycles. The number of nitrogens with zero attached hydrogens (tertiary/aromatic N) is 2. The van der Waals surface area contributed by atoms with Gasteiger partial charge in [0.1, 0.15) is 23.7 Å². The third-order valence-electron chi connectivity index (χ3n) is 6.14. The lowest BCUT2D eigenvalue weighted by Crippen LogP contribution is -2.23. The Morgan fingerprint density at radius 3 is 2.71 bits per heavy atom. The summed E-state index contributed by atoms with van der Waals surface area (Å²) in [7, 11) is 1.29. The van der Waals surface area contributed by atoms with Crippen molar-refractivity contribution in [2.75, 3.05) is 7.11 Å². The summed E-state index contributed by atoms with van der Waals surface area (Å²) >= 11 is 0. The Hall–Kier alpha value is -4.26. The highest BCUT2D eigenvalue weighted by Gasteiger charge is 2.29. The van der Waals surface area contributed by atoms with E-state index in [0.717, 1.165) is 23.3 Å². The van der Waals surface area contributed by atoms with Gasteiger partial charge in [0.25, 0.3) is 5.89 Å². The Labute approximate surface area is 202 Å². The van der Waals surface area contributed by atoms with Crippen LogP contribution in [-0.4, -0.2) is 28.8 Å². The number of hydrogen-bond acceptors (Lipinski definition) is 7. The molecular formula is C28H24N2O5. The van der Waals surface area contributed by atoms with Gasteiger partial charge in [-0.15, -0.1) is 0 Å². The highest BCUT2D eigenvalue weighted by atomic mass is 16.5. The number of pyridine rings is 1. The number of Topliss-reactive ketones (excluding diaryl/α,β-unsaturated/α-hetero) is 1. The molecule has 35 heavy (non-hydrogen) atoms. The summed E-state index contributed by atoms with van der Waals surface area (Å²) in [5.74, 6) is 0.334. The summed E-state index contributed by atoms with van der Waals surface area (Å²) in [6.07, 6.45) is 3.58. The number of esters is 1. The fourth-order valence-electron chi connectivity index (χ4n) is 4.26. The first kappa shape index (κ1) is 22.5. The molecule has 0 saturated carbocycles. The molecule has 1 aliphatic rings. The first-order valence-corrected chi connectivity index (χ1v) is 11.4. The highest BCUT2D eigenvalue weighted by molar-refractivity contribution is 5.94. The predicted molar refractivity (Wildman–Crippen MR) is 128 cm³/mol. The topological polar surface area (TPSA) is 91.5 Å². The normalized spacial score (nSPS) is 14.7. The molecule has 0 N–H and O–H groups in total. The van der Waals surface area contributed by atoms with Crippen molar-refractivity contribution < 1.29 is 23.5 Å². The van der Waals surface area contributed by atoms with Crippen molar-refractivity contribution in [3.8, 4) is 17.2 Å². The van der Waals surface area contributed by atoms with Crippen LogP contribution in [0.5, 0.6) is 5.75 Å². The first-order valence-electron chi connectivity index (χ1n) is 11.4.